The second-order valence-corrected chi connectivity index (χ2v) is 17.6. The highest BCUT2D eigenvalue weighted by Gasteiger charge is 2.19. The van der Waals surface area contributed by atoms with Crippen molar-refractivity contribution in [2.24, 2.45) is 0 Å². The van der Waals surface area contributed by atoms with E-state index in [1.165, 1.54) is 96.3 Å². The second-order valence-electron chi connectivity index (χ2n) is 17.6. The molecule has 67 heavy (non-hydrogen) atoms. The molecule has 1 unspecified atom stereocenters. The lowest BCUT2D eigenvalue weighted by atomic mass is 10.1. The number of ether oxygens (including phenoxy) is 3. The Hall–Kier alpha value is -4.19. The molecule has 0 N–H and O–H groups in total. The lowest BCUT2D eigenvalue weighted by molar-refractivity contribution is -0.167. The van der Waals surface area contributed by atoms with Crippen LogP contribution in [0.15, 0.2) is 122 Å². The van der Waals surface area contributed by atoms with E-state index >= 15 is 0 Å². The normalized spacial score (nSPS) is 13.1. The summed E-state index contributed by atoms with van der Waals surface area (Å²) in [5.74, 6) is -0.970. The van der Waals surface area contributed by atoms with Crippen LogP contribution in [0.5, 0.6) is 0 Å². The van der Waals surface area contributed by atoms with Crippen LogP contribution in [0, 0.1) is 0 Å². The highest BCUT2D eigenvalue weighted by atomic mass is 16.6. The van der Waals surface area contributed by atoms with E-state index in [4.69, 9.17) is 14.2 Å². The summed E-state index contributed by atoms with van der Waals surface area (Å²) < 4.78 is 16.8. The van der Waals surface area contributed by atoms with Gasteiger partial charge in [0.25, 0.3) is 0 Å². The zero-order valence-electron chi connectivity index (χ0n) is 43.1. The third kappa shape index (κ3) is 52.6. The zero-order valence-corrected chi connectivity index (χ0v) is 43.1. The summed E-state index contributed by atoms with van der Waals surface area (Å²) in [6, 6.07) is 0. The van der Waals surface area contributed by atoms with Gasteiger partial charge in [-0.25, -0.2) is 0 Å². The molecule has 0 bridgehead atoms. The van der Waals surface area contributed by atoms with E-state index < -0.39 is 6.10 Å². The largest absolute Gasteiger partial charge is 0.462 e. The van der Waals surface area contributed by atoms with E-state index in [0.29, 0.717) is 19.3 Å². The molecule has 0 aliphatic rings. The van der Waals surface area contributed by atoms with Gasteiger partial charge in [0.1, 0.15) is 13.2 Å². The third-order valence-corrected chi connectivity index (χ3v) is 11.1. The number of unbranched alkanes of at least 4 members (excludes halogenated alkanes) is 23. The fourth-order valence-corrected chi connectivity index (χ4v) is 7.06. The Morgan fingerprint density at radius 2 is 0.597 bits per heavy atom. The van der Waals surface area contributed by atoms with Gasteiger partial charge >= 0.3 is 17.9 Å². The number of hydrogen-bond donors (Lipinski definition) is 0. The average Bonchev–Trinajstić information content (AvgIpc) is 3.33. The van der Waals surface area contributed by atoms with Gasteiger partial charge in [0, 0.05) is 19.3 Å². The van der Waals surface area contributed by atoms with Gasteiger partial charge in [0.15, 0.2) is 6.10 Å². The van der Waals surface area contributed by atoms with Crippen molar-refractivity contribution in [3.8, 4) is 0 Å². The SMILES string of the molecule is CC\C=C/C=C\C=C/C=C\C=C\C=C/C=C\CCCCCC(=O)OCC(COC(=O)CCCCCCCCC/C=C\CCCCCC)OC(=O)CCCCCCCC/C=C\C=C/CCCCC. The van der Waals surface area contributed by atoms with Crippen LogP contribution in [0.1, 0.15) is 226 Å². The minimum absolute atomic E-state index is 0.103. The van der Waals surface area contributed by atoms with Crippen molar-refractivity contribution in [1.82, 2.24) is 0 Å². The smallest absolute Gasteiger partial charge is 0.306 e. The molecule has 1 atom stereocenters. The minimum Gasteiger partial charge on any atom is -0.462 e. The number of hydrogen-bond acceptors (Lipinski definition) is 6. The van der Waals surface area contributed by atoms with Crippen molar-refractivity contribution in [1.29, 1.82) is 0 Å². The molecule has 0 fully saturated rings. The first-order chi connectivity index (χ1) is 33.0. The van der Waals surface area contributed by atoms with E-state index in [-0.39, 0.29) is 31.1 Å². The van der Waals surface area contributed by atoms with Crippen LogP contribution >= 0.6 is 0 Å². The molecule has 0 heterocycles. The van der Waals surface area contributed by atoms with Crippen LogP contribution in [0.25, 0.3) is 0 Å². The van der Waals surface area contributed by atoms with Crippen molar-refractivity contribution in [3.63, 3.8) is 0 Å². The van der Waals surface area contributed by atoms with Gasteiger partial charge in [0.2, 0.25) is 0 Å². The summed E-state index contributed by atoms with van der Waals surface area (Å²) >= 11 is 0. The maximum atomic E-state index is 12.8. The van der Waals surface area contributed by atoms with Crippen LogP contribution in [0.4, 0.5) is 0 Å². The first kappa shape index (κ1) is 62.8. The second kappa shape index (κ2) is 54.4. The van der Waals surface area contributed by atoms with E-state index in [9.17, 15) is 14.4 Å². The van der Waals surface area contributed by atoms with Gasteiger partial charge in [-0.3, -0.25) is 14.4 Å². The van der Waals surface area contributed by atoms with Crippen molar-refractivity contribution >= 4 is 17.9 Å². The number of esters is 3. The molecule has 0 rings (SSSR count). The highest BCUT2D eigenvalue weighted by molar-refractivity contribution is 5.71. The lowest BCUT2D eigenvalue weighted by Crippen LogP contribution is -2.30. The summed E-state index contributed by atoms with van der Waals surface area (Å²) in [5.41, 5.74) is 0. The molecule has 378 valence electrons. The van der Waals surface area contributed by atoms with Crippen LogP contribution < -0.4 is 0 Å². The molecule has 0 amide bonds. The summed E-state index contributed by atoms with van der Waals surface area (Å²) in [4.78, 5) is 38.1. The first-order valence-electron chi connectivity index (χ1n) is 27.2. The summed E-state index contributed by atoms with van der Waals surface area (Å²) in [5, 5.41) is 0. The quantitative estimate of drug-likeness (QED) is 0.0199. The number of rotatable bonds is 47. The minimum atomic E-state index is -0.808. The summed E-state index contributed by atoms with van der Waals surface area (Å²) in [6.45, 7) is 6.39. The topological polar surface area (TPSA) is 78.9 Å². The van der Waals surface area contributed by atoms with Gasteiger partial charge in [-0.05, 0) is 89.9 Å². The predicted molar refractivity (Wildman–Crippen MR) is 288 cm³/mol. The Morgan fingerprint density at radius 3 is 1.01 bits per heavy atom. The van der Waals surface area contributed by atoms with Gasteiger partial charge in [-0.15, -0.1) is 0 Å². The average molecular weight is 927 g/mol. The molecule has 6 nitrogen and oxygen atoms in total. The molecule has 0 aromatic rings. The number of carbonyl (C=O) groups excluding carboxylic acids is 3. The van der Waals surface area contributed by atoms with E-state index in [1.807, 2.05) is 72.9 Å². The van der Waals surface area contributed by atoms with Crippen LogP contribution in [-0.4, -0.2) is 37.2 Å². The van der Waals surface area contributed by atoms with E-state index in [0.717, 1.165) is 89.9 Å². The van der Waals surface area contributed by atoms with Crippen molar-refractivity contribution in [2.75, 3.05) is 13.2 Å². The van der Waals surface area contributed by atoms with Crippen LogP contribution in [0.2, 0.25) is 0 Å². The molecule has 0 aromatic carbocycles. The molecule has 6 heteroatoms. The molecule has 0 saturated heterocycles. The third-order valence-electron chi connectivity index (χ3n) is 11.1. The molecule has 0 aromatic heterocycles. The van der Waals surface area contributed by atoms with Gasteiger partial charge in [-0.2, -0.15) is 0 Å². The van der Waals surface area contributed by atoms with E-state index in [1.54, 1.807) is 0 Å². The van der Waals surface area contributed by atoms with Crippen LogP contribution in [-0.2, 0) is 28.6 Å². The Balaban J connectivity index is 4.54. The highest BCUT2D eigenvalue weighted by Crippen LogP contribution is 2.14. The van der Waals surface area contributed by atoms with Crippen molar-refractivity contribution in [2.45, 2.75) is 232 Å². The first-order valence-corrected chi connectivity index (χ1v) is 27.2. The molecule has 0 spiro atoms. The molecular weight excluding hydrogens is 829 g/mol. The van der Waals surface area contributed by atoms with E-state index in [2.05, 4.69) is 69.4 Å². The number of carbonyl (C=O) groups is 3. The van der Waals surface area contributed by atoms with Crippen molar-refractivity contribution < 1.29 is 28.6 Å². The van der Waals surface area contributed by atoms with Gasteiger partial charge in [0.05, 0.1) is 0 Å². The fraction of sp³-hybridized carbons (Fsp3) is 0.623. The van der Waals surface area contributed by atoms with Gasteiger partial charge < -0.3 is 14.2 Å². The number of allylic oxidation sites excluding steroid dienone is 20. The van der Waals surface area contributed by atoms with Gasteiger partial charge in [-0.1, -0.05) is 239 Å². The Morgan fingerprint density at radius 1 is 0.313 bits per heavy atom. The zero-order chi connectivity index (χ0) is 48.6. The molecule has 0 aliphatic heterocycles. The molecular formula is C61H98O6. The maximum absolute atomic E-state index is 12.8. The predicted octanol–water partition coefficient (Wildman–Crippen LogP) is 18.1. The standard InChI is InChI=1S/C61H98O6/c1-4-7-10-13-16-19-22-25-28-29-30-31-34-36-39-42-45-48-51-54-60(63)66-57-58(67-61(64)55-52-49-46-43-40-37-33-27-24-21-18-15-12-9-6-3)56-65-59(62)53-50-47-44-41-38-35-32-26-23-20-17-14-11-8-5-2/h7,10,13,16,18-25,27-31,34,36,39,58H,4-6,8-9,11-12,14-15,17,26,32-33,35,37-38,40-57H2,1-3H3/b10-7-,16-13-,21-18-,22-19-,23-20-,27-24-,28-25-,30-29+,34-31-,39-36-. The lowest BCUT2D eigenvalue weighted by Gasteiger charge is -2.18. The Bertz CT molecular complexity index is 1440. The summed E-state index contributed by atoms with van der Waals surface area (Å²) in [6.07, 6.45) is 74.5. The Labute approximate surface area is 412 Å². The Kier molecular flexibility index (Phi) is 51.0. The monoisotopic (exact) mass is 927 g/mol. The molecule has 0 saturated carbocycles. The van der Waals surface area contributed by atoms with Crippen LogP contribution in [0.3, 0.4) is 0 Å². The molecule has 0 radical (unpaired) electrons. The summed E-state index contributed by atoms with van der Waals surface area (Å²) in [7, 11) is 0. The fourth-order valence-electron chi connectivity index (χ4n) is 7.06. The van der Waals surface area contributed by atoms with Crippen molar-refractivity contribution in [3.05, 3.63) is 122 Å². The maximum Gasteiger partial charge on any atom is 0.306 e. The molecule has 0 aliphatic carbocycles.